The number of benzene rings is 1. The van der Waals surface area contributed by atoms with Crippen molar-refractivity contribution in [2.24, 2.45) is 0 Å². The van der Waals surface area contributed by atoms with Gasteiger partial charge in [-0.1, -0.05) is 24.3 Å². The third-order valence-electron chi connectivity index (χ3n) is 5.41. The average Bonchev–Trinajstić information content (AvgIpc) is 2.72. The number of aryl methyl sites for hydroxylation is 1. The highest BCUT2D eigenvalue weighted by Crippen LogP contribution is 2.30. The molecule has 0 saturated carbocycles. The fourth-order valence-corrected chi connectivity index (χ4v) is 7.34. The first-order valence-corrected chi connectivity index (χ1v) is 12.2. The molecule has 2 fully saturated rings. The number of sulfone groups is 1. The van der Waals surface area contributed by atoms with E-state index in [1.54, 1.807) is 0 Å². The maximum atomic E-state index is 12.5. The second-order valence-corrected chi connectivity index (χ2v) is 11.4. The number of likely N-dealkylation sites (tertiary alicyclic amines) is 1. The number of rotatable bonds is 3. The van der Waals surface area contributed by atoms with Gasteiger partial charge in [0.1, 0.15) is 0 Å². The average molecular weight is 387 g/mol. The molecule has 0 spiro atoms. The number of nitrogens with zero attached hydrogens (tertiary/aromatic N) is 2. The topological polar surface area (TPSA) is 74.8 Å². The van der Waals surface area contributed by atoms with Crippen molar-refractivity contribution >= 4 is 19.9 Å². The Kier molecular flexibility index (Phi) is 5.26. The van der Waals surface area contributed by atoms with Crippen LogP contribution in [0.5, 0.6) is 0 Å². The molecule has 1 aromatic rings. The lowest BCUT2D eigenvalue weighted by Gasteiger charge is -2.38. The van der Waals surface area contributed by atoms with Crippen LogP contribution in [0.4, 0.5) is 0 Å². The summed E-state index contributed by atoms with van der Waals surface area (Å²) in [4.78, 5) is 2.25. The summed E-state index contributed by atoms with van der Waals surface area (Å²) >= 11 is 0. The molecule has 140 valence electrons. The van der Waals surface area contributed by atoms with E-state index in [0.717, 1.165) is 6.54 Å². The van der Waals surface area contributed by atoms with Crippen LogP contribution in [0.2, 0.25) is 0 Å². The molecule has 0 radical (unpaired) electrons. The zero-order valence-electron chi connectivity index (χ0n) is 14.8. The Hall–Kier alpha value is -0.960. The molecule has 2 atom stereocenters. The van der Waals surface area contributed by atoms with Gasteiger partial charge in [-0.2, -0.15) is 4.31 Å². The molecule has 0 bridgehead atoms. The van der Waals surface area contributed by atoms with Gasteiger partial charge >= 0.3 is 0 Å². The summed E-state index contributed by atoms with van der Waals surface area (Å²) in [6.07, 6.45) is 2.23. The van der Waals surface area contributed by atoms with Gasteiger partial charge in [0, 0.05) is 25.7 Å². The minimum Gasteiger partial charge on any atom is -0.299 e. The predicted octanol–water partition coefficient (Wildman–Crippen LogP) is 1.02. The molecular weight excluding hydrogens is 360 g/mol. The minimum absolute atomic E-state index is 0.0704. The Morgan fingerprint density at radius 2 is 1.80 bits per heavy atom. The molecule has 2 heterocycles. The number of sulfonamides is 1. The van der Waals surface area contributed by atoms with Crippen molar-refractivity contribution in [1.29, 1.82) is 0 Å². The Bertz CT molecular complexity index is 836. The third-order valence-corrected chi connectivity index (χ3v) is 8.94. The van der Waals surface area contributed by atoms with Gasteiger partial charge < -0.3 is 0 Å². The molecule has 0 amide bonds. The Morgan fingerprint density at radius 3 is 2.48 bits per heavy atom. The zero-order valence-corrected chi connectivity index (χ0v) is 16.4. The third kappa shape index (κ3) is 4.07. The van der Waals surface area contributed by atoms with E-state index < -0.39 is 31.2 Å². The van der Waals surface area contributed by atoms with Crippen LogP contribution in [0.25, 0.3) is 0 Å². The van der Waals surface area contributed by atoms with Gasteiger partial charge in [-0.05, 0) is 37.4 Å². The quantitative estimate of drug-likeness (QED) is 0.775. The fraction of sp³-hybridized carbons (Fsp3) is 0.647. The van der Waals surface area contributed by atoms with Gasteiger partial charge in [-0.3, -0.25) is 4.90 Å². The maximum absolute atomic E-state index is 12.5. The summed E-state index contributed by atoms with van der Waals surface area (Å²) in [5.41, 5.74) is 2.45. The Morgan fingerprint density at radius 1 is 1.12 bits per heavy atom. The van der Waals surface area contributed by atoms with Crippen LogP contribution in [-0.2, 0) is 26.4 Å². The lowest BCUT2D eigenvalue weighted by molar-refractivity contribution is 0.259. The molecular formula is C17H26N2O4S2. The van der Waals surface area contributed by atoms with Crippen LogP contribution in [0.3, 0.4) is 0 Å². The van der Waals surface area contributed by atoms with Gasteiger partial charge in [0.05, 0.1) is 17.3 Å². The van der Waals surface area contributed by atoms with E-state index in [1.807, 2.05) is 12.1 Å². The summed E-state index contributed by atoms with van der Waals surface area (Å²) in [5.74, 6) is -0.0704. The predicted molar refractivity (Wildman–Crippen MR) is 98.6 cm³/mol. The standard InChI is InChI=1S/C17H26N2O4S2/c1-14-5-3-4-6-15(14)13-18-9-7-16-17(8-10-18)25(22,23)12-11-19(16)24(2,20)21/h3-6,16-17H,7-13H2,1-2H3/t16-,17+/m0/s1. The van der Waals surface area contributed by atoms with Crippen LogP contribution < -0.4 is 0 Å². The molecule has 2 aliphatic heterocycles. The summed E-state index contributed by atoms with van der Waals surface area (Å²) in [7, 11) is -6.63. The summed E-state index contributed by atoms with van der Waals surface area (Å²) in [6, 6.07) is 7.74. The highest BCUT2D eigenvalue weighted by molar-refractivity contribution is 7.92. The van der Waals surface area contributed by atoms with Gasteiger partial charge in [-0.15, -0.1) is 0 Å². The largest absolute Gasteiger partial charge is 0.299 e. The summed E-state index contributed by atoms with van der Waals surface area (Å²) in [6.45, 7) is 4.30. The van der Waals surface area contributed by atoms with Crippen molar-refractivity contribution in [1.82, 2.24) is 9.21 Å². The monoisotopic (exact) mass is 386 g/mol. The van der Waals surface area contributed by atoms with E-state index in [9.17, 15) is 16.8 Å². The Balaban J connectivity index is 1.81. The van der Waals surface area contributed by atoms with Gasteiger partial charge in [-0.25, -0.2) is 16.8 Å². The van der Waals surface area contributed by atoms with Gasteiger partial charge in [0.25, 0.3) is 0 Å². The molecule has 8 heteroatoms. The molecule has 2 aliphatic rings. The number of fused-ring (bicyclic) bond motifs is 1. The van der Waals surface area contributed by atoms with E-state index >= 15 is 0 Å². The number of hydrogen-bond donors (Lipinski definition) is 0. The lowest BCUT2D eigenvalue weighted by atomic mass is 10.1. The molecule has 0 aliphatic carbocycles. The second-order valence-electron chi connectivity index (χ2n) is 7.13. The van der Waals surface area contributed by atoms with Crippen molar-refractivity contribution in [3.05, 3.63) is 35.4 Å². The first-order valence-electron chi connectivity index (χ1n) is 8.64. The minimum atomic E-state index is -3.40. The van der Waals surface area contributed by atoms with Crippen molar-refractivity contribution in [2.75, 3.05) is 31.6 Å². The summed E-state index contributed by atoms with van der Waals surface area (Å²) < 4.78 is 50.7. The molecule has 2 saturated heterocycles. The fourth-order valence-electron chi connectivity index (χ4n) is 4.00. The molecule has 0 N–H and O–H groups in total. The van der Waals surface area contributed by atoms with E-state index in [0.29, 0.717) is 25.9 Å². The van der Waals surface area contributed by atoms with Crippen molar-refractivity contribution in [2.45, 2.75) is 37.6 Å². The SMILES string of the molecule is Cc1ccccc1CN1CC[C@@H]2[C@H](CC1)N(S(C)(=O)=O)CCS2(=O)=O. The van der Waals surface area contributed by atoms with Crippen molar-refractivity contribution in [3.63, 3.8) is 0 Å². The van der Waals surface area contributed by atoms with Crippen LogP contribution in [0.1, 0.15) is 24.0 Å². The van der Waals surface area contributed by atoms with E-state index in [1.165, 1.54) is 21.7 Å². The van der Waals surface area contributed by atoms with Crippen LogP contribution in [0, 0.1) is 6.92 Å². The first kappa shape index (κ1) is 18.8. The molecule has 6 nitrogen and oxygen atoms in total. The van der Waals surface area contributed by atoms with Crippen molar-refractivity contribution in [3.8, 4) is 0 Å². The number of hydrogen-bond acceptors (Lipinski definition) is 5. The van der Waals surface area contributed by atoms with E-state index in [-0.39, 0.29) is 12.3 Å². The Labute approximate surface area is 150 Å². The first-order chi connectivity index (χ1) is 11.7. The maximum Gasteiger partial charge on any atom is 0.211 e. The smallest absolute Gasteiger partial charge is 0.211 e. The van der Waals surface area contributed by atoms with Crippen LogP contribution >= 0.6 is 0 Å². The second kappa shape index (κ2) is 6.98. The molecule has 1 aromatic carbocycles. The molecule has 0 aromatic heterocycles. The molecule has 3 rings (SSSR count). The van der Waals surface area contributed by atoms with E-state index in [4.69, 9.17) is 0 Å². The normalized spacial score (nSPS) is 28.2. The lowest BCUT2D eigenvalue weighted by Crippen LogP contribution is -2.56. The summed E-state index contributed by atoms with van der Waals surface area (Å²) in [5, 5.41) is -0.585. The van der Waals surface area contributed by atoms with Gasteiger partial charge in [0.15, 0.2) is 9.84 Å². The van der Waals surface area contributed by atoms with Gasteiger partial charge in [0.2, 0.25) is 10.0 Å². The van der Waals surface area contributed by atoms with Crippen molar-refractivity contribution < 1.29 is 16.8 Å². The molecule has 25 heavy (non-hydrogen) atoms. The van der Waals surface area contributed by atoms with Crippen LogP contribution in [0.15, 0.2) is 24.3 Å². The highest BCUT2D eigenvalue weighted by atomic mass is 32.2. The van der Waals surface area contributed by atoms with Crippen LogP contribution in [-0.4, -0.2) is 69.0 Å². The highest BCUT2D eigenvalue weighted by Gasteiger charge is 2.45. The van der Waals surface area contributed by atoms with E-state index in [2.05, 4.69) is 24.0 Å². The molecule has 0 unspecified atom stereocenters. The zero-order chi connectivity index (χ0) is 18.2.